The lowest BCUT2D eigenvalue weighted by molar-refractivity contribution is -0.166. The van der Waals surface area contributed by atoms with Crippen LogP contribution in [0.5, 0.6) is 11.5 Å². The molecule has 2 atom stereocenters. The molecule has 0 bridgehead atoms. The summed E-state index contributed by atoms with van der Waals surface area (Å²) in [5.74, 6) is 0.942. The van der Waals surface area contributed by atoms with Crippen LogP contribution >= 0.6 is 11.6 Å². The lowest BCUT2D eigenvalue weighted by Crippen LogP contribution is -2.67. The van der Waals surface area contributed by atoms with Crippen molar-refractivity contribution in [2.24, 2.45) is 0 Å². The van der Waals surface area contributed by atoms with Gasteiger partial charge in [0.05, 0.1) is 19.4 Å². The Labute approximate surface area is 238 Å². The monoisotopic (exact) mass is 557 g/mol. The van der Waals surface area contributed by atoms with E-state index in [4.69, 9.17) is 21.1 Å². The molecular formula is C32H32ClN3O4. The topological polar surface area (TPSA) is 74.9 Å². The SMILES string of the molecule is CCCOc1ccc([C@H]2CN3C(=O)CN(Cc4ccccc4Cl)C(=O)[C@]3(C)c3[nH]c4ccccc4c32)cc1OC. The van der Waals surface area contributed by atoms with Gasteiger partial charge in [-0.25, -0.2) is 0 Å². The molecule has 3 aromatic carbocycles. The maximum atomic E-state index is 14.3. The normalized spacial score (nSPS) is 20.4. The van der Waals surface area contributed by atoms with Crippen LogP contribution in [-0.4, -0.2) is 53.4 Å². The maximum absolute atomic E-state index is 14.3. The number of carbonyl (C=O) groups is 2. The molecule has 2 aliphatic heterocycles. The first-order valence-electron chi connectivity index (χ1n) is 13.6. The van der Waals surface area contributed by atoms with Crippen molar-refractivity contribution in [1.29, 1.82) is 0 Å². The summed E-state index contributed by atoms with van der Waals surface area (Å²) in [7, 11) is 1.63. The smallest absolute Gasteiger partial charge is 0.255 e. The number of hydrogen-bond acceptors (Lipinski definition) is 4. The second kappa shape index (κ2) is 10.2. The number of para-hydroxylation sites is 1. The second-order valence-corrected chi connectivity index (χ2v) is 11.0. The third-order valence-electron chi connectivity index (χ3n) is 8.19. The fraction of sp³-hybridized carbons (Fsp3) is 0.312. The van der Waals surface area contributed by atoms with E-state index in [0.717, 1.165) is 39.7 Å². The highest BCUT2D eigenvalue weighted by molar-refractivity contribution is 6.31. The van der Waals surface area contributed by atoms with E-state index < -0.39 is 5.54 Å². The van der Waals surface area contributed by atoms with Gasteiger partial charge in [0, 0.05) is 34.9 Å². The van der Waals surface area contributed by atoms with E-state index >= 15 is 0 Å². The van der Waals surface area contributed by atoms with Gasteiger partial charge in [-0.05, 0) is 54.3 Å². The molecule has 7 nitrogen and oxygen atoms in total. The summed E-state index contributed by atoms with van der Waals surface area (Å²) in [6.07, 6.45) is 0.892. The number of benzene rings is 3. The summed E-state index contributed by atoms with van der Waals surface area (Å²) in [5.41, 5.74) is 3.32. The van der Waals surface area contributed by atoms with Gasteiger partial charge < -0.3 is 24.3 Å². The summed E-state index contributed by atoms with van der Waals surface area (Å²) in [4.78, 5) is 35.0. The zero-order chi connectivity index (χ0) is 28.0. The van der Waals surface area contributed by atoms with Crippen molar-refractivity contribution in [2.45, 2.75) is 38.3 Å². The van der Waals surface area contributed by atoms with Gasteiger partial charge in [0.1, 0.15) is 6.54 Å². The Morgan fingerprint density at radius 1 is 1.05 bits per heavy atom. The molecule has 1 saturated heterocycles. The van der Waals surface area contributed by atoms with Crippen LogP contribution < -0.4 is 9.47 Å². The van der Waals surface area contributed by atoms with Gasteiger partial charge >= 0.3 is 0 Å². The third kappa shape index (κ3) is 4.11. The Morgan fingerprint density at radius 2 is 1.82 bits per heavy atom. The summed E-state index contributed by atoms with van der Waals surface area (Å²) >= 11 is 6.43. The fourth-order valence-corrected chi connectivity index (χ4v) is 6.36. The Kier molecular flexibility index (Phi) is 6.70. The van der Waals surface area contributed by atoms with E-state index in [2.05, 4.69) is 18.0 Å². The summed E-state index contributed by atoms with van der Waals surface area (Å²) in [6, 6.07) is 21.4. The number of ether oxygens (including phenoxy) is 2. The van der Waals surface area contributed by atoms with Gasteiger partial charge in [0.2, 0.25) is 5.91 Å². The van der Waals surface area contributed by atoms with Crippen LogP contribution in [0, 0.1) is 0 Å². The number of aromatic amines is 1. The number of fused-ring (bicyclic) bond motifs is 5. The number of nitrogens with zero attached hydrogens (tertiary/aromatic N) is 2. The van der Waals surface area contributed by atoms with Gasteiger partial charge in [0.15, 0.2) is 17.0 Å². The summed E-state index contributed by atoms with van der Waals surface area (Å²) in [5, 5.41) is 1.61. The van der Waals surface area contributed by atoms with E-state index in [1.165, 1.54) is 0 Å². The van der Waals surface area contributed by atoms with Crippen LogP contribution in [-0.2, 0) is 21.7 Å². The number of aromatic nitrogens is 1. The molecular weight excluding hydrogens is 526 g/mol. The zero-order valence-corrected chi connectivity index (χ0v) is 23.6. The average Bonchev–Trinajstić information content (AvgIpc) is 3.37. The number of piperazine rings is 1. The number of H-pyrrole nitrogens is 1. The number of halogens is 1. The minimum Gasteiger partial charge on any atom is -0.493 e. The van der Waals surface area contributed by atoms with Crippen LogP contribution in [0.4, 0.5) is 0 Å². The fourth-order valence-electron chi connectivity index (χ4n) is 6.17. The highest BCUT2D eigenvalue weighted by atomic mass is 35.5. The Bertz CT molecular complexity index is 1620. The molecule has 2 amide bonds. The molecule has 0 spiro atoms. The van der Waals surface area contributed by atoms with E-state index in [-0.39, 0.29) is 30.8 Å². The lowest BCUT2D eigenvalue weighted by atomic mass is 9.76. The molecule has 0 unspecified atom stereocenters. The molecule has 206 valence electrons. The highest BCUT2D eigenvalue weighted by Gasteiger charge is 2.56. The van der Waals surface area contributed by atoms with E-state index in [1.807, 2.05) is 61.5 Å². The number of carbonyl (C=O) groups excluding carboxylic acids is 2. The Hall–Kier alpha value is -3.97. The highest BCUT2D eigenvalue weighted by Crippen LogP contribution is 2.49. The van der Waals surface area contributed by atoms with Crippen molar-refractivity contribution < 1.29 is 19.1 Å². The number of amides is 2. The van der Waals surface area contributed by atoms with Crippen LogP contribution in [0.25, 0.3) is 10.9 Å². The first-order chi connectivity index (χ1) is 19.4. The van der Waals surface area contributed by atoms with Crippen molar-refractivity contribution in [3.63, 3.8) is 0 Å². The Balaban J connectivity index is 1.47. The minimum atomic E-state index is -1.18. The predicted molar refractivity (Wildman–Crippen MR) is 155 cm³/mol. The third-order valence-corrected chi connectivity index (χ3v) is 8.56. The molecule has 1 fully saturated rings. The standard InChI is InChI=1S/C32H32ClN3O4/c1-4-15-40-26-14-13-20(16-27(26)39-3)23-18-36-28(37)19-35(17-21-9-5-7-11-24(21)33)31(38)32(36,2)30-29(23)22-10-6-8-12-25(22)34-30/h5-14,16,23,34H,4,15,17-19H2,1-3H3/t23-,32+/m1/s1. The van der Waals surface area contributed by atoms with Gasteiger partial charge in [-0.3, -0.25) is 9.59 Å². The quantitative estimate of drug-likeness (QED) is 0.309. The molecule has 0 radical (unpaired) electrons. The average molecular weight is 558 g/mol. The van der Waals surface area contributed by atoms with Crippen molar-refractivity contribution in [3.05, 3.63) is 94.1 Å². The molecule has 3 heterocycles. The molecule has 2 aliphatic rings. The van der Waals surface area contributed by atoms with Crippen molar-refractivity contribution in [1.82, 2.24) is 14.8 Å². The molecule has 8 heteroatoms. The number of methoxy groups -OCH3 is 1. The van der Waals surface area contributed by atoms with Crippen LogP contribution in [0.3, 0.4) is 0 Å². The largest absolute Gasteiger partial charge is 0.493 e. The summed E-state index contributed by atoms with van der Waals surface area (Å²) < 4.78 is 11.6. The minimum absolute atomic E-state index is 0.00492. The second-order valence-electron chi connectivity index (χ2n) is 10.6. The molecule has 0 aliphatic carbocycles. The van der Waals surface area contributed by atoms with Crippen molar-refractivity contribution in [2.75, 3.05) is 26.8 Å². The molecule has 0 saturated carbocycles. The molecule has 6 rings (SSSR count). The maximum Gasteiger partial charge on any atom is 0.255 e. The molecule has 40 heavy (non-hydrogen) atoms. The van der Waals surface area contributed by atoms with E-state index in [1.54, 1.807) is 23.0 Å². The number of nitrogens with one attached hydrogen (secondary N) is 1. The predicted octanol–water partition coefficient (Wildman–Crippen LogP) is 5.85. The van der Waals surface area contributed by atoms with Gasteiger partial charge in [-0.15, -0.1) is 0 Å². The van der Waals surface area contributed by atoms with Crippen LogP contribution in [0.1, 0.15) is 48.6 Å². The van der Waals surface area contributed by atoms with E-state index in [9.17, 15) is 9.59 Å². The van der Waals surface area contributed by atoms with Gasteiger partial charge in [0.25, 0.3) is 5.91 Å². The first-order valence-corrected chi connectivity index (χ1v) is 14.0. The zero-order valence-electron chi connectivity index (χ0n) is 22.9. The van der Waals surface area contributed by atoms with Crippen LogP contribution in [0.15, 0.2) is 66.7 Å². The molecule has 1 aromatic heterocycles. The van der Waals surface area contributed by atoms with Gasteiger partial charge in [-0.2, -0.15) is 0 Å². The first kappa shape index (κ1) is 26.3. The van der Waals surface area contributed by atoms with Gasteiger partial charge in [-0.1, -0.05) is 61.0 Å². The molecule has 4 aromatic rings. The summed E-state index contributed by atoms with van der Waals surface area (Å²) in [6.45, 7) is 5.15. The lowest BCUT2D eigenvalue weighted by Gasteiger charge is -2.51. The Morgan fingerprint density at radius 3 is 2.60 bits per heavy atom. The van der Waals surface area contributed by atoms with Crippen molar-refractivity contribution >= 4 is 34.3 Å². The number of rotatable bonds is 7. The van der Waals surface area contributed by atoms with Crippen molar-refractivity contribution in [3.8, 4) is 11.5 Å². The molecule has 1 N–H and O–H groups in total. The number of hydrogen-bond donors (Lipinski definition) is 1. The van der Waals surface area contributed by atoms with E-state index in [0.29, 0.717) is 29.7 Å². The van der Waals surface area contributed by atoms with Crippen LogP contribution in [0.2, 0.25) is 5.02 Å².